The molecule has 72 valence electrons. The van der Waals surface area contributed by atoms with Gasteiger partial charge < -0.3 is 5.32 Å². The second-order valence-corrected chi connectivity index (χ2v) is 2.92. The van der Waals surface area contributed by atoms with E-state index in [1.54, 1.807) is 18.3 Å². The molecule has 0 aliphatic heterocycles. The fourth-order valence-corrected chi connectivity index (χ4v) is 1.12. The standard InChI is InChI=1S/C7H7ClN6/c8-5-2-1-3-9-7(5)10-4-6-11-13-14-12-6/h1-3H,4H2,(H,9,10)(H,11,12,13,14). The summed E-state index contributed by atoms with van der Waals surface area (Å²) in [5.74, 6) is 1.17. The Kier molecular flexibility index (Phi) is 2.55. The SMILES string of the molecule is Clc1cccnc1NCc1nn[nH]n1. The van der Waals surface area contributed by atoms with Crippen LogP contribution >= 0.6 is 11.6 Å². The molecule has 0 saturated heterocycles. The van der Waals surface area contributed by atoms with Crippen molar-refractivity contribution in [3.05, 3.63) is 29.2 Å². The number of aromatic nitrogens is 5. The van der Waals surface area contributed by atoms with E-state index < -0.39 is 0 Å². The summed E-state index contributed by atoms with van der Waals surface area (Å²) in [6.07, 6.45) is 1.66. The molecule has 2 N–H and O–H groups in total. The van der Waals surface area contributed by atoms with Gasteiger partial charge in [-0.15, -0.1) is 10.2 Å². The van der Waals surface area contributed by atoms with Crippen molar-refractivity contribution < 1.29 is 0 Å². The van der Waals surface area contributed by atoms with E-state index in [2.05, 4.69) is 30.9 Å². The quantitative estimate of drug-likeness (QED) is 0.786. The van der Waals surface area contributed by atoms with Crippen LogP contribution in [-0.2, 0) is 6.54 Å². The van der Waals surface area contributed by atoms with Crippen LogP contribution in [0.4, 0.5) is 5.82 Å². The predicted molar refractivity (Wildman–Crippen MR) is 50.8 cm³/mol. The van der Waals surface area contributed by atoms with Crippen LogP contribution in [-0.4, -0.2) is 25.6 Å². The summed E-state index contributed by atoms with van der Waals surface area (Å²) >= 11 is 5.88. The molecule has 0 aliphatic carbocycles. The Hall–Kier alpha value is -1.69. The van der Waals surface area contributed by atoms with Gasteiger partial charge in [-0.25, -0.2) is 4.98 Å². The number of halogens is 1. The van der Waals surface area contributed by atoms with E-state index in [4.69, 9.17) is 11.6 Å². The Balaban J connectivity index is 2.02. The van der Waals surface area contributed by atoms with Gasteiger partial charge in [0.25, 0.3) is 0 Å². The second-order valence-electron chi connectivity index (χ2n) is 2.52. The van der Waals surface area contributed by atoms with Crippen LogP contribution in [0.1, 0.15) is 5.82 Å². The van der Waals surface area contributed by atoms with E-state index in [9.17, 15) is 0 Å². The molecule has 2 heterocycles. The van der Waals surface area contributed by atoms with Gasteiger partial charge in [0, 0.05) is 6.20 Å². The van der Waals surface area contributed by atoms with Crippen molar-refractivity contribution in [1.82, 2.24) is 25.6 Å². The first-order chi connectivity index (χ1) is 6.86. The zero-order valence-electron chi connectivity index (χ0n) is 7.11. The summed E-state index contributed by atoms with van der Waals surface area (Å²) in [7, 11) is 0. The van der Waals surface area contributed by atoms with E-state index in [1.807, 2.05) is 0 Å². The van der Waals surface area contributed by atoms with Crippen LogP contribution in [0.5, 0.6) is 0 Å². The molecule has 0 amide bonds. The van der Waals surface area contributed by atoms with Crippen LogP contribution in [0.3, 0.4) is 0 Å². The van der Waals surface area contributed by atoms with Crippen molar-refractivity contribution in [3.8, 4) is 0 Å². The highest BCUT2D eigenvalue weighted by molar-refractivity contribution is 6.32. The molecule has 0 unspecified atom stereocenters. The Bertz CT molecular complexity index is 400. The predicted octanol–water partition coefficient (Wildman–Crippen LogP) is 0.860. The summed E-state index contributed by atoms with van der Waals surface area (Å²) < 4.78 is 0. The number of pyridine rings is 1. The smallest absolute Gasteiger partial charge is 0.193 e. The largest absolute Gasteiger partial charge is 0.361 e. The van der Waals surface area contributed by atoms with Gasteiger partial charge in [-0.1, -0.05) is 16.8 Å². The molecule has 0 spiro atoms. The number of anilines is 1. The highest BCUT2D eigenvalue weighted by Crippen LogP contribution is 2.17. The van der Waals surface area contributed by atoms with Gasteiger partial charge in [-0.3, -0.25) is 0 Å². The van der Waals surface area contributed by atoms with E-state index in [-0.39, 0.29) is 0 Å². The molecule has 0 saturated carbocycles. The molecule has 0 fully saturated rings. The van der Waals surface area contributed by atoms with Gasteiger partial charge in [0.2, 0.25) is 0 Å². The van der Waals surface area contributed by atoms with Crippen molar-refractivity contribution in [1.29, 1.82) is 0 Å². The number of nitrogens with one attached hydrogen (secondary N) is 2. The molecular weight excluding hydrogens is 204 g/mol. The van der Waals surface area contributed by atoms with Crippen LogP contribution in [0.2, 0.25) is 5.02 Å². The minimum atomic E-state index is 0.438. The molecule has 2 aromatic heterocycles. The monoisotopic (exact) mass is 210 g/mol. The first kappa shape index (κ1) is 8.89. The van der Waals surface area contributed by atoms with Gasteiger partial charge in [-0.2, -0.15) is 5.21 Å². The van der Waals surface area contributed by atoms with Crippen molar-refractivity contribution >= 4 is 17.4 Å². The van der Waals surface area contributed by atoms with Gasteiger partial charge in [0.1, 0.15) is 5.82 Å². The number of aromatic amines is 1. The average Bonchev–Trinajstić information content (AvgIpc) is 2.69. The van der Waals surface area contributed by atoms with E-state index in [0.717, 1.165) is 0 Å². The van der Waals surface area contributed by atoms with E-state index in [1.165, 1.54) is 0 Å². The molecule has 7 heteroatoms. The lowest BCUT2D eigenvalue weighted by atomic mass is 10.4. The molecule has 0 aromatic carbocycles. The van der Waals surface area contributed by atoms with Crippen LogP contribution in [0, 0.1) is 0 Å². The minimum absolute atomic E-state index is 0.438. The third-order valence-electron chi connectivity index (χ3n) is 1.56. The lowest BCUT2D eigenvalue weighted by Gasteiger charge is -2.03. The Morgan fingerprint density at radius 3 is 3.14 bits per heavy atom. The maximum Gasteiger partial charge on any atom is 0.193 e. The number of nitrogens with zero attached hydrogens (tertiary/aromatic N) is 4. The molecule has 6 nitrogen and oxygen atoms in total. The summed E-state index contributed by atoms with van der Waals surface area (Å²) in [5.41, 5.74) is 0. The minimum Gasteiger partial charge on any atom is -0.361 e. The summed E-state index contributed by atoms with van der Waals surface area (Å²) in [5, 5.41) is 16.9. The normalized spacial score (nSPS) is 10.1. The van der Waals surface area contributed by atoms with Gasteiger partial charge >= 0.3 is 0 Å². The molecule has 0 bridgehead atoms. The molecule has 14 heavy (non-hydrogen) atoms. The topological polar surface area (TPSA) is 79.4 Å². The number of H-pyrrole nitrogens is 1. The molecule has 2 aromatic rings. The van der Waals surface area contributed by atoms with Gasteiger partial charge in [-0.05, 0) is 12.1 Å². The third kappa shape index (κ3) is 1.97. The second kappa shape index (κ2) is 4.01. The maximum atomic E-state index is 5.88. The molecule has 0 radical (unpaired) electrons. The van der Waals surface area contributed by atoms with E-state index >= 15 is 0 Å². The fraction of sp³-hybridized carbons (Fsp3) is 0.143. The summed E-state index contributed by atoms with van der Waals surface area (Å²) in [6.45, 7) is 0.438. The maximum absolute atomic E-state index is 5.88. The van der Waals surface area contributed by atoms with Crippen LogP contribution < -0.4 is 5.32 Å². The molecule has 0 aliphatic rings. The van der Waals surface area contributed by atoms with Gasteiger partial charge in [0.05, 0.1) is 11.6 Å². The first-order valence-electron chi connectivity index (χ1n) is 3.93. The summed E-state index contributed by atoms with van der Waals surface area (Å²) in [6, 6.07) is 3.52. The molecule has 2 rings (SSSR count). The lowest BCUT2D eigenvalue weighted by Crippen LogP contribution is -2.03. The zero-order chi connectivity index (χ0) is 9.80. The summed E-state index contributed by atoms with van der Waals surface area (Å²) in [4.78, 5) is 4.05. The number of rotatable bonds is 3. The van der Waals surface area contributed by atoms with Crippen molar-refractivity contribution in [2.45, 2.75) is 6.54 Å². The zero-order valence-corrected chi connectivity index (χ0v) is 7.86. The van der Waals surface area contributed by atoms with Gasteiger partial charge in [0.15, 0.2) is 5.82 Å². The lowest BCUT2D eigenvalue weighted by molar-refractivity contribution is 0.881. The highest BCUT2D eigenvalue weighted by Gasteiger charge is 2.01. The fourth-order valence-electron chi connectivity index (χ4n) is 0.936. The first-order valence-corrected chi connectivity index (χ1v) is 4.31. The van der Waals surface area contributed by atoms with Crippen LogP contribution in [0.25, 0.3) is 0 Å². The van der Waals surface area contributed by atoms with Crippen molar-refractivity contribution in [2.75, 3.05) is 5.32 Å². The Morgan fingerprint density at radius 1 is 1.50 bits per heavy atom. The average molecular weight is 211 g/mol. The highest BCUT2D eigenvalue weighted by atomic mass is 35.5. The Morgan fingerprint density at radius 2 is 2.43 bits per heavy atom. The third-order valence-corrected chi connectivity index (χ3v) is 1.87. The van der Waals surface area contributed by atoms with Crippen molar-refractivity contribution in [3.63, 3.8) is 0 Å². The van der Waals surface area contributed by atoms with E-state index in [0.29, 0.717) is 23.2 Å². The number of tetrazole rings is 1. The van der Waals surface area contributed by atoms with Crippen molar-refractivity contribution in [2.24, 2.45) is 0 Å². The Labute approximate surface area is 84.7 Å². The molecular formula is C7H7ClN6. The molecule has 0 atom stereocenters. The number of hydrogen-bond donors (Lipinski definition) is 2. The number of hydrogen-bond acceptors (Lipinski definition) is 5. The van der Waals surface area contributed by atoms with Crippen LogP contribution in [0.15, 0.2) is 18.3 Å².